The van der Waals surface area contributed by atoms with E-state index in [9.17, 15) is 9.59 Å². The molecule has 0 saturated carbocycles. The first-order valence-electron chi connectivity index (χ1n) is 7.61. The van der Waals surface area contributed by atoms with Gasteiger partial charge in [-0.3, -0.25) is 14.5 Å². The maximum absolute atomic E-state index is 12.2. The molecule has 1 aliphatic heterocycles. The molecule has 0 spiro atoms. The second kappa shape index (κ2) is 7.43. The zero-order valence-electron chi connectivity index (χ0n) is 12.1. The van der Waals surface area contributed by atoms with Crippen molar-refractivity contribution in [3.8, 4) is 0 Å². The molecular weight excluding hydrogens is 254 g/mol. The maximum Gasteiger partial charge on any atom is 0.231 e. The Kier molecular flexibility index (Phi) is 5.59. The molecule has 20 heavy (non-hydrogen) atoms. The van der Waals surface area contributed by atoms with Gasteiger partial charge in [-0.2, -0.15) is 0 Å². The highest BCUT2D eigenvalue weighted by molar-refractivity contribution is 5.79. The minimum Gasteiger partial charge on any atom is -0.369 e. The number of hydrogen-bond acceptors (Lipinski definition) is 3. The summed E-state index contributed by atoms with van der Waals surface area (Å²) < 4.78 is 0. The van der Waals surface area contributed by atoms with Crippen LogP contribution < -0.4 is 11.1 Å². The Morgan fingerprint density at radius 3 is 2.90 bits per heavy atom. The zero-order chi connectivity index (χ0) is 14.4. The summed E-state index contributed by atoms with van der Waals surface area (Å²) >= 11 is 0. The third-order valence-corrected chi connectivity index (χ3v) is 4.13. The Morgan fingerprint density at radius 2 is 2.20 bits per heavy atom. The van der Waals surface area contributed by atoms with Gasteiger partial charge in [-0.15, -0.1) is 0 Å². The molecule has 2 rings (SSSR count). The molecule has 1 heterocycles. The van der Waals surface area contributed by atoms with Gasteiger partial charge < -0.3 is 11.1 Å². The van der Waals surface area contributed by atoms with Gasteiger partial charge in [-0.05, 0) is 45.1 Å². The van der Waals surface area contributed by atoms with Crippen LogP contribution in [0.4, 0.5) is 0 Å². The van der Waals surface area contributed by atoms with Gasteiger partial charge in [0.25, 0.3) is 0 Å². The van der Waals surface area contributed by atoms with Crippen molar-refractivity contribution in [1.82, 2.24) is 10.2 Å². The normalized spacial score (nSPS) is 24.0. The molecule has 0 aromatic heterocycles. The fourth-order valence-corrected chi connectivity index (χ4v) is 3.04. The molecule has 0 radical (unpaired) electrons. The van der Waals surface area contributed by atoms with Crippen molar-refractivity contribution in [3.63, 3.8) is 0 Å². The van der Waals surface area contributed by atoms with Crippen LogP contribution in [0.2, 0.25) is 0 Å². The second-order valence-corrected chi connectivity index (χ2v) is 5.87. The predicted molar refractivity (Wildman–Crippen MR) is 77.9 cm³/mol. The fraction of sp³-hybridized carbons (Fsp3) is 0.733. The number of likely N-dealkylation sites (tertiary alicyclic amines) is 1. The summed E-state index contributed by atoms with van der Waals surface area (Å²) in [6.45, 7) is 2.45. The quantitative estimate of drug-likeness (QED) is 0.731. The summed E-state index contributed by atoms with van der Waals surface area (Å²) in [4.78, 5) is 25.1. The monoisotopic (exact) mass is 279 g/mol. The van der Waals surface area contributed by atoms with Gasteiger partial charge in [0.1, 0.15) is 0 Å². The zero-order valence-corrected chi connectivity index (χ0v) is 12.1. The number of primary amides is 1. The number of nitrogens with two attached hydrogens (primary N) is 1. The standard InChI is InChI=1S/C15H25N3O2/c16-14(19)11-18-8-4-7-13(10-18)15(20)17-9-12-5-2-1-3-6-12/h5,13H,1-4,6-11H2,(H2,16,19)(H,17,20)/t13-/m1/s1. The average molecular weight is 279 g/mol. The number of hydrogen-bond donors (Lipinski definition) is 2. The predicted octanol–water partition coefficient (Wildman–Crippen LogP) is 0.800. The SMILES string of the molecule is NC(=O)CN1CCC[C@@H](C(=O)NCC2=CCCCC2)C1. The van der Waals surface area contributed by atoms with Gasteiger partial charge in [0.15, 0.2) is 0 Å². The van der Waals surface area contributed by atoms with E-state index >= 15 is 0 Å². The van der Waals surface area contributed by atoms with Crippen molar-refractivity contribution in [3.05, 3.63) is 11.6 Å². The minimum atomic E-state index is -0.321. The van der Waals surface area contributed by atoms with E-state index in [1.165, 1.54) is 18.4 Å². The van der Waals surface area contributed by atoms with Crippen LogP contribution >= 0.6 is 0 Å². The number of carbonyl (C=O) groups excluding carboxylic acids is 2. The summed E-state index contributed by atoms with van der Waals surface area (Å²) in [7, 11) is 0. The van der Waals surface area contributed by atoms with Gasteiger partial charge in [0.2, 0.25) is 11.8 Å². The first-order valence-corrected chi connectivity index (χ1v) is 7.61. The first-order chi connectivity index (χ1) is 9.65. The van der Waals surface area contributed by atoms with Gasteiger partial charge in [-0.1, -0.05) is 11.6 Å². The number of nitrogens with one attached hydrogen (secondary N) is 1. The Labute approximate surface area is 120 Å². The topological polar surface area (TPSA) is 75.4 Å². The molecule has 3 N–H and O–H groups in total. The van der Waals surface area contributed by atoms with Gasteiger partial charge in [0, 0.05) is 13.1 Å². The lowest BCUT2D eigenvalue weighted by atomic mass is 9.96. The van der Waals surface area contributed by atoms with Crippen molar-refractivity contribution in [2.24, 2.45) is 11.7 Å². The molecule has 1 fully saturated rings. The van der Waals surface area contributed by atoms with Gasteiger partial charge >= 0.3 is 0 Å². The average Bonchev–Trinajstić information content (AvgIpc) is 2.45. The lowest BCUT2D eigenvalue weighted by molar-refractivity contribution is -0.128. The van der Waals surface area contributed by atoms with Crippen LogP contribution in [0.5, 0.6) is 0 Å². The third kappa shape index (κ3) is 4.63. The number of rotatable bonds is 5. The van der Waals surface area contributed by atoms with E-state index in [2.05, 4.69) is 11.4 Å². The van der Waals surface area contributed by atoms with Crippen molar-refractivity contribution in [1.29, 1.82) is 0 Å². The van der Waals surface area contributed by atoms with Crippen molar-refractivity contribution in [2.45, 2.75) is 38.5 Å². The third-order valence-electron chi connectivity index (χ3n) is 4.13. The van der Waals surface area contributed by atoms with E-state index in [0.29, 0.717) is 13.1 Å². The molecule has 1 saturated heterocycles. The molecule has 0 unspecified atom stereocenters. The maximum atomic E-state index is 12.2. The van der Waals surface area contributed by atoms with Crippen LogP contribution in [0, 0.1) is 5.92 Å². The summed E-state index contributed by atoms with van der Waals surface area (Å²) in [5, 5.41) is 3.05. The first kappa shape index (κ1) is 15.0. The highest BCUT2D eigenvalue weighted by Gasteiger charge is 2.26. The summed E-state index contributed by atoms with van der Waals surface area (Å²) in [5.74, 6) is -0.212. The van der Waals surface area contributed by atoms with Crippen LogP contribution in [0.25, 0.3) is 0 Å². The highest BCUT2D eigenvalue weighted by atomic mass is 16.2. The van der Waals surface area contributed by atoms with E-state index in [1.54, 1.807) is 0 Å². The molecule has 2 aliphatic rings. The Hall–Kier alpha value is -1.36. The molecule has 112 valence electrons. The molecule has 0 aromatic carbocycles. The number of amides is 2. The number of carbonyl (C=O) groups is 2. The molecular formula is C15H25N3O2. The number of nitrogens with zero attached hydrogens (tertiary/aromatic N) is 1. The Balaban J connectivity index is 1.76. The Morgan fingerprint density at radius 1 is 1.35 bits per heavy atom. The van der Waals surface area contributed by atoms with E-state index in [4.69, 9.17) is 5.73 Å². The smallest absolute Gasteiger partial charge is 0.231 e. The van der Waals surface area contributed by atoms with Crippen LogP contribution in [-0.4, -0.2) is 42.9 Å². The van der Waals surface area contributed by atoms with Crippen LogP contribution in [-0.2, 0) is 9.59 Å². The molecule has 1 aliphatic carbocycles. The largest absolute Gasteiger partial charge is 0.369 e. The van der Waals surface area contributed by atoms with Crippen molar-refractivity contribution in [2.75, 3.05) is 26.2 Å². The summed E-state index contributed by atoms with van der Waals surface area (Å²) in [5.41, 5.74) is 6.57. The van der Waals surface area contributed by atoms with Crippen molar-refractivity contribution < 1.29 is 9.59 Å². The second-order valence-electron chi connectivity index (χ2n) is 5.87. The van der Waals surface area contributed by atoms with Crippen LogP contribution in [0.3, 0.4) is 0 Å². The van der Waals surface area contributed by atoms with E-state index in [-0.39, 0.29) is 24.3 Å². The van der Waals surface area contributed by atoms with E-state index < -0.39 is 0 Å². The van der Waals surface area contributed by atoms with Crippen LogP contribution in [0.15, 0.2) is 11.6 Å². The molecule has 0 aromatic rings. The number of piperidine rings is 1. The minimum absolute atomic E-state index is 0.00714. The Bertz CT molecular complexity index is 393. The fourth-order valence-electron chi connectivity index (χ4n) is 3.04. The van der Waals surface area contributed by atoms with Gasteiger partial charge in [0.05, 0.1) is 12.5 Å². The van der Waals surface area contributed by atoms with E-state index in [1.807, 2.05) is 4.90 Å². The molecule has 2 amide bonds. The van der Waals surface area contributed by atoms with Crippen molar-refractivity contribution >= 4 is 11.8 Å². The molecule has 0 bridgehead atoms. The molecule has 5 nitrogen and oxygen atoms in total. The highest BCUT2D eigenvalue weighted by Crippen LogP contribution is 2.18. The lowest BCUT2D eigenvalue weighted by Crippen LogP contribution is -2.46. The summed E-state index contributed by atoms with van der Waals surface area (Å²) in [6, 6.07) is 0. The van der Waals surface area contributed by atoms with E-state index in [0.717, 1.165) is 32.2 Å². The molecule has 1 atom stereocenters. The number of allylic oxidation sites excluding steroid dienone is 1. The summed E-state index contributed by atoms with van der Waals surface area (Å²) in [6.07, 6.45) is 8.86. The van der Waals surface area contributed by atoms with Gasteiger partial charge in [-0.25, -0.2) is 0 Å². The molecule has 5 heteroatoms. The lowest BCUT2D eigenvalue weighted by Gasteiger charge is -2.31. The van der Waals surface area contributed by atoms with Crippen LogP contribution in [0.1, 0.15) is 38.5 Å².